The molecule has 29 heavy (non-hydrogen) atoms. The summed E-state index contributed by atoms with van der Waals surface area (Å²) in [4.78, 5) is 10.7. The number of allylic oxidation sites excluding steroid dienone is 4. The highest BCUT2D eigenvalue weighted by Gasteiger charge is 2.27. The van der Waals surface area contributed by atoms with Crippen molar-refractivity contribution in [3.8, 4) is 5.75 Å². The number of hydrogen-bond donors (Lipinski definition) is 1. The Kier molecular flexibility index (Phi) is 6.62. The first-order valence-electron chi connectivity index (χ1n) is 10.1. The van der Waals surface area contributed by atoms with Crippen molar-refractivity contribution in [1.29, 1.82) is 0 Å². The molecule has 0 aromatic heterocycles. The van der Waals surface area contributed by atoms with E-state index in [4.69, 9.17) is 9.84 Å². The number of carboxylic acids is 1. The summed E-state index contributed by atoms with van der Waals surface area (Å²) < 4.78 is 6.24. The van der Waals surface area contributed by atoms with Crippen molar-refractivity contribution in [1.82, 2.24) is 0 Å². The van der Waals surface area contributed by atoms with Crippen molar-refractivity contribution in [3.63, 3.8) is 0 Å². The number of fused-ring (bicyclic) bond motifs is 1. The molecule has 0 aliphatic carbocycles. The summed E-state index contributed by atoms with van der Waals surface area (Å²) in [7, 11) is 0. The zero-order valence-corrected chi connectivity index (χ0v) is 19.0. The third-order valence-corrected chi connectivity index (χ3v) is 5.06. The molecule has 1 aliphatic heterocycles. The van der Waals surface area contributed by atoms with Crippen molar-refractivity contribution < 1.29 is 14.6 Å². The highest BCUT2D eigenvalue weighted by atomic mass is 16.5. The molecule has 0 spiro atoms. The number of carbonyl (C=O) groups is 1. The number of rotatable bonds is 4. The van der Waals surface area contributed by atoms with Crippen molar-refractivity contribution in [2.75, 3.05) is 6.61 Å². The maximum Gasteiger partial charge on any atom is 0.328 e. The van der Waals surface area contributed by atoms with Crippen molar-refractivity contribution in [2.45, 2.75) is 66.2 Å². The maximum absolute atomic E-state index is 10.7. The first-order chi connectivity index (χ1) is 13.3. The summed E-state index contributed by atoms with van der Waals surface area (Å²) >= 11 is 0. The van der Waals surface area contributed by atoms with Gasteiger partial charge in [-0.15, -0.1) is 0 Å². The summed E-state index contributed by atoms with van der Waals surface area (Å²) in [6, 6.07) is 4.53. The number of aliphatic carboxylic acids is 1. The first-order valence-corrected chi connectivity index (χ1v) is 10.1. The Bertz CT molecular complexity index is 910. The van der Waals surface area contributed by atoms with Gasteiger partial charge in [0.1, 0.15) is 12.4 Å². The van der Waals surface area contributed by atoms with E-state index in [0.717, 1.165) is 22.5 Å². The van der Waals surface area contributed by atoms with E-state index >= 15 is 0 Å². The Hall–Kier alpha value is -2.55. The molecule has 1 aliphatic rings. The molecule has 0 fully saturated rings. The molecule has 2 rings (SSSR count). The lowest BCUT2D eigenvalue weighted by Gasteiger charge is -2.31. The molecule has 0 saturated heterocycles. The minimum Gasteiger partial charge on any atom is -0.488 e. The zero-order chi connectivity index (χ0) is 22.0. The van der Waals surface area contributed by atoms with Crippen LogP contribution in [0.1, 0.15) is 72.1 Å². The molecule has 0 bridgehead atoms. The fraction of sp³-hybridized carbons (Fsp3) is 0.423. The van der Waals surface area contributed by atoms with Crippen LogP contribution in [0.4, 0.5) is 0 Å². The second-order valence-corrected chi connectivity index (χ2v) is 9.84. The van der Waals surface area contributed by atoms with Gasteiger partial charge >= 0.3 is 5.97 Å². The standard InChI is InChI=1S/C26H34O3/c1-17(12-23(27)28)10-9-11-18(2)20-13-19-14-21(25(3,4)5)15-22(26(6,7)8)24(19)29-16-20/h9-15H,16H2,1-8H3,(H,27,28)/b10-9?,17-12?,18-11+. The van der Waals surface area contributed by atoms with Crippen LogP contribution in [-0.4, -0.2) is 17.7 Å². The Morgan fingerprint density at radius 2 is 1.72 bits per heavy atom. The Labute approximate surface area is 175 Å². The molecule has 156 valence electrons. The summed E-state index contributed by atoms with van der Waals surface area (Å²) in [5, 5.41) is 8.80. The summed E-state index contributed by atoms with van der Waals surface area (Å²) in [6.45, 7) is 17.7. The van der Waals surface area contributed by atoms with Crippen molar-refractivity contribution >= 4 is 12.0 Å². The third kappa shape index (κ3) is 5.96. The Morgan fingerprint density at radius 3 is 2.28 bits per heavy atom. The molecule has 0 radical (unpaired) electrons. The van der Waals surface area contributed by atoms with E-state index in [1.165, 1.54) is 17.2 Å². The molecule has 1 aromatic rings. The highest BCUT2D eigenvalue weighted by Crippen LogP contribution is 2.41. The van der Waals surface area contributed by atoms with Gasteiger partial charge in [-0.05, 0) is 59.1 Å². The smallest absolute Gasteiger partial charge is 0.328 e. The highest BCUT2D eigenvalue weighted by molar-refractivity contribution is 5.81. The van der Waals surface area contributed by atoms with Crippen LogP contribution in [0.2, 0.25) is 0 Å². The van der Waals surface area contributed by atoms with Gasteiger partial charge in [0.25, 0.3) is 0 Å². The quantitative estimate of drug-likeness (QED) is 0.463. The van der Waals surface area contributed by atoms with Gasteiger partial charge in [-0.25, -0.2) is 4.79 Å². The van der Waals surface area contributed by atoms with E-state index in [-0.39, 0.29) is 10.8 Å². The maximum atomic E-state index is 10.7. The van der Waals surface area contributed by atoms with E-state index in [9.17, 15) is 4.79 Å². The largest absolute Gasteiger partial charge is 0.488 e. The molecule has 3 nitrogen and oxygen atoms in total. The van der Waals surface area contributed by atoms with Crippen LogP contribution < -0.4 is 4.74 Å². The van der Waals surface area contributed by atoms with Gasteiger partial charge in [0, 0.05) is 17.2 Å². The Balaban J connectivity index is 2.45. The van der Waals surface area contributed by atoms with Crippen LogP contribution in [0.25, 0.3) is 6.08 Å². The second kappa shape index (κ2) is 8.44. The monoisotopic (exact) mass is 394 g/mol. The molecule has 0 amide bonds. The van der Waals surface area contributed by atoms with E-state index in [0.29, 0.717) is 12.2 Å². The average molecular weight is 395 g/mol. The summed E-state index contributed by atoms with van der Waals surface area (Å²) in [5.74, 6) is 0.0509. The lowest BCUT2D eigenvalue weighted by Crippen LogP contribution is -2.20. The first kappa shape index (κ1) is 22.7. The lowest BCUT2D eigenvalue weighted by molar-refractivity contribution is -0.131. The van der Waals surface area contributed by atoms with E-state index in [1.54, 1.807) is 13.0 Å². The molecule has 3 heteroatoms. The van der Waals surface area contributed by atoms with Gasteiger partial charge in [-0.2, -0.15) is 0 Å². The molecule has 1 aromatic carbocycles. The van der Waals surface area contributed by atoms with E-state index < -0.39 is 5.97 Å². The van der Waals surface area contributed by atoms with Gasteiger partial charge in [0.05, 0.1) is 0 Å². The molecule has 0 saturated carbocycles. The van der Waals surface area contributed by atoms with Gasteiger partial charge in [-0.3, -0.25) is 0 Å². The molecule has 0 unspecified atom stereocenters. The normalized spacial score (nSPS) is 15.8. The van der Waals surface area contributed by atoms with Gasteiger partial charge in [0.2, 0.25) is 0 Å². The molecular formula is C26H34O3. The minimum absolute atomic E-state index is 0.00168. The predicted octanol–water partition coefficient (Wildman–Crippen LogP) is 6.59. The van der Waals surface area contributed by atoms with E-state index in [2.05, 4.69) is 66.7 Å². The molecule has 0 atom stereocenters. The third-order valence-electron chi connectivity index (χ3n) is 5.06. The molecule has 1 N–H and O–H groups in total. The summed E-state index contributed by atoms with van der Waals surface area (Å²) in [5.41, 5.74) is 6.67. The zero-order valence-electron chi connectivity index (χ0n) is 19.0. The van der Waals surface area contributed by atoms with Gasteiger partial charge in [-0.1, -0.05) is 65.8 Å². The lowest BCUT2D eigenvalue weighted by atomic mass is 9.78. The predicted molar refractivity (Wildman–Crippen MR) is 122 cm³/mol. The number of hydrogen-bond acceptors (Lipinski definition) is 2. The van der Waals surface area contributed by atoms with Crippen LogP contribution in [0.5, 0.6) is 5.75 Å². The fourth-order valence-electron chi connectivity index (χ4n) is 3.21. The topological polar surface area (TPSA) is 46.5 Å². The SMILES string of the molecule is CC(C=C/C=C(\C)C1=Cc2cc(C(C)(C)C)cc(C(C)(C)C)c2OC1)=CC(=O)O. The van der Waals surface area contributed by atoms with Crippen LogP contribution >= 0.6 is 0 Å². The van der Waals surface area contributed by atoms with Crippen molar-refractivity contribution in [3.05, 3.63) is 69.8 Å². The number of benzene rings is 1. The van der Waals surface area contributed by atoms with Crippen LogP contribution in [0.3, 0.4) is 0 Å². The van der Waals surface area contributed by atoms with Crippen LogP contribution in [0, 0.1) is 0 Å². The fourth-order valence-corrected chi connectivity index (χ4v) is 3.21. The second-order valence-electron chi connectivity index (χ2n) is 9.84. The molecule has 1 heterocycles. The van der Waals surface area contributed by atoms with Gasteiger partial charge < -0.3 is 9.84 Å². The Morgan fingerprint density at radius 1 is 1.07 bits per heavy atom. The molecular weight excluding hydrogens is 360 g/mol. The average Bonchev–Trinajstić information content (AvgIpc) is 2.57. The van der Waals surface area contributed by atoms with E-state index in [1.807, 2.05) is 12.2 Å². The van der Waals surface area contributed by atoms with Crippen LogP contribution in [-0.2, 0) is 15.6 Å². The van der Waals surface area contributed by atoms with Crippen LogP contribution in [0.15, 0.2) is 53.2 Å². The minimum atomic E-state index is -0.933. The summed E-state index contributed by atoms with van der Waals surface area (Å²) in [6.07, 6.45) is 9.10. The number of ether oxygens (including phenoxy) is 1. The van der Waals surface area contributed by atoms with Gasteiger partial charge in [0.15, 0.2) is 0 Å². The number of carboxylic acid groups (broad SMARTS) is 1. The van der Waals surface area contributed by atoms with Crippen molar-refractivity contribution in [2.24, 2.45) is 0 Å².